The van der Waals surface area contributed by atoms with Crippen molar-refractivity contribution in [2.45, 2.75) is 38.1 Å². The molecule has 1 aliphatic carbocycles. The molecule has 1 saturated carbocycles. The van der Waals surface area contributed by atoms with Crippen LogP contribution in [0.3, 0.4) is 0 Å². The van der Waals surface area contributed by atoms with Gasteiger partial charge in [-0.05, 0) is 43.0 Å². The monoisotopic (exact) mass is 454 g/mol. The second-order valence-electron chi connectivity index (χ2n) is 9.04. The minimum atomic E-state index is -0.0550. The number of rotatable bonds is 5. The van der Waals surface area contributed by atoms with Crippen LogP contribution in [0, 0.1) is 5.92 Å². The molecule has 7 heteroatoms. The fourth-order valence-electron chi connectivity index (χ4n) is 5.50. The van der Waals surface area contributed by atoms with Crippen LogP contribution in [0.4, 0.5) is 5.69 Å². The lowest BCUT2D eigenvalue weighted by molar-refractivity contribution is 0.0977. The zero-order valence-corrected chi connectivity index (χ0v) is 19.0. The van der Waals surface area contributed by atoms with Gasteiger partial charge in [0.25, 0.3) is 5.91 Å². The molecule has 6 rings (SSSR count). The minimum absolute atomic E-state index is 0.0265. The van der Waals surface area contributed by atoms with Gasteiger partial charge in [-0.2, -0.15) is 5.10 Å². The molecular formula is C27H26N4O3. The number of H-pyrrole nitrogens is 1. The Bertz CT molecular complexity index is 1300. The van der Waals surface area contributed by atoms with Crippen molar-refractivity contribution in [3.8, 4) is 28.3 Å². The highest BCUT2D eigenvalue weighted by Gasteiger charge is 2.45. The topological polar surface area (TPSA) is 84.2 Å². The van der Waals surface area contributed by atoms with E-state index in [-0.39, 0.29) is 11.9 Å². The smallest absolute Gasteiger partial charge is 0.277 e. The van der Waals surface area contributed by atoms with Crippen molar-refractivity contribution >= 4 is 11.6 Å². The number of aromatic nitrogens is 3. The van der Waals surface area contributed by atoms with E-state index in [1.165, 1.54) is 19.3 Å². The van der Waals surface area contributed by atoms with Crippen LogP contribution in [0.1, 0.15) is 54.2 Å². The van der Waals surface area contributed by atoms with Crippen molar-refractivity contribution in [1.82, 2.24) is 15.4 Å². The Hall–Kier alpha value is -3.87. The number of methoxy groups -OCH3 is 1. The van der Waals surface area contributed by atoms with Crippen LogP contribution in [-0.4, -0.2) is 28.4 Å². The molecule has 1 fully saturated rings. The van der Waals surface area contributed by atoms with Gasteiger partial charge in [0, 0.05) is 28.4 Å². The Morgan fingerprint density at radius 2 is 1.85 bits per heavy atom. The van der Waals surface area contributed by atoms with Crippen molar-refractivity contribution in [3.63, 3.8) is 0 Å². The van der Waals surface area contributed by atoms with Gasteiger partial charge in [-0.3, -0.25) is 14.8 Å². The zero-order chi connectivity index (χ0) is 23.1. The summed E-state index contributed by atoms with van der Waals surface area (Å²) >= 11 is 0. The Morgan fingerprint density at radius 1 is 1.03 bits per heavy atom. The maximum absolute atomic E-state index is 13.7. The standard InChI is InChI=1S/C27H26N4O3/c1-33-21-9-5-8-19(16-21)24-23-25(29-28-24)27(32)31(26(23)18-6-3-2-4-7-18)20-12-10-17(11-13-20)22-14-15-34-30-22/h5,8-16,18,26H,2-4,6-7H2,1H3,(H,28,29). The first-order valence-corrected chi connectivity index (χ1v) is 11.8. The van der Waals surface area contributed by atoms with Crippen LogP contribution in [0.2, 0.25) is 0 Å². The number of hydrogen-bond donors (Lipinski definition) is 1. The highest BCUT2D eigenvalue weighted by molar-refractivity contribution is 6.11. The summed E-state index contributed by atoms with van der Waals surface area (Å²) in [6.07, 6.45) is 7.41. The van der Waals surface area contributed by atoms with Crippen molar-refractivity contribution in [3.05, 3.63) is 72.1 Å². The largest absolute Gasteiger partial charge is 0.497 e. The Morgan fingerprint density at radius 3 is 2.59 bits per heavy atom. The molecular weight excluding hydrogens is 428 g/mol. The second kappa shape index (κ2) is 8.48. The third-order valence-electron chi connectivity index (χ3n) is 7.13. The molecule has 2 aromatic heterocycles. The number of carbonyl (C=O) groups excluding carboxylic acids is 1. The minimum Gasteiger partial charge on any atom is -0.497 e. The maximum Gasteiger partial charge on any atom is 0.277 e. The SMILES string of the molecule is COc1cccc(-c2n[nH]c3c2C(C2CCCCC2)N(c2ccc(-c4ccon4)cc2)C3=O)c1. The average Bonchev–Trinajstić information content (AvgIpc) is 3.63. The number of anilines is 1. The Balaban J connectivity index is 1.44. The molecule has 7 nitrogen and oxygen atoms in total. The van der Waals surface area contributed by atoms with Gasteiger partial charge in [0.1, 0.15) is 23.4 Å². The average molecular weight is 455 g/mol. The molecule has 1 unspecified atom stereocenters. The first-order chi connectivity index (χ1) is 16.7. The molecule has 1 N–H and O–H groups in total. The fourth-order valence-corrected chi connectivity index (χ4v) is 5.50. The lowest BCUT2D eigenvalue weighted by atomic mass is 9.80. The number of hydrogen-bond acceptors (Lipinski definition) is 5. The predicted octanol–water partition coefficient (Wildman–Crippen LogP) is 6.02. The Labute approximate surface area is 197 Å². The van der Waals surface area contributed by atoms with E-state index in [1.807, 2.05) is 59.5 Å². The first kappa shape index (κ1) is 20.7. The molecule has 1 aliphatic heterocycles. The number of carbonyl (C=O) groups is 1. The molecule has 172 valence electrons. The molecule has 0 saturated heterocycles. The highest BCUT2D eigenvalue weighted by atomic mass is 16.5. The number of fused-ring (bicyclic) bond motifs is 1. The van der Waals surface area contributed by atoms with Gasteiger partial charge in [-0.15, -0.1) is 0 Å². The van der Waals surface area contributed by atoms with E-state index in [2.05, 4.69) is 15.4 Å². The van der Waals surface area contributed by atoms with Crippen LogP contribution in [-0.2, 0) is 0 Å². The molecule has 1 atom stereocenters. The lowest BCUT2D eigenvalue weighted by Crippen LogP contribution is -2.33. The summed E-state index contributed by atoms with van der Waals surface area (Å²) in [5.41, 5.74) is 6.00. The molecule has 4 aromatic rings. The third-order valence-corrected chi connectivity index (χ3v) is 7.13. The first-order valence-electron chi connectivity index (χ1n) is 11.8. The van der Waals surface area contributed by atoms with Crippen LogP contribution < -0.4 is 9.64 Å². The molecule has 2 aromatic carbocycles. The van der Waals surface area contributed by atoms with Gasteiger partial charge in [0.05, 0.1) is 18.8 Å². The summed E-state index contributed by atoms with van der Waals surface area (Å²) in [6, 6.07) is 17.7. The summed E-state index contributed by atoms with van der Waals surface area (Å²) in [7, 11) is 1.66. The molecule has 0 bridgehead atoms. The number of benzene rings is 2. The van der Waals surface area contributed by atoms with E-state index in [0.29, 0.717) is 11.6 Å². The lowest BCUT2D eigenvalue weighted by Gasteiger charge is -2.35. The van der Waals surface area contributed by atoms with Gasteiger partial charge in [-0.25, -0.2) is 0 Å². The van der Waals surface area contributed by atoms with E-state index in [1.54, 1.807) is 13.4 Å². The quantitative estimate of drug-likeness (QED) is 0.398. The number of ether oxygens (including phenoxy) is 1. The second-order valence-corrected chi connectivity index (χ2v) is 9.04. The van der Waals surface area contributed by atoms with E-state index < -0.39 is 0 Å². The summed E-state index contributed by atoms with van der Waals surface area (Å²) < 4.78 is 10.4. The molecule has 3 heterocycles. The molecule has 0 radical (unpaired) electrons. The van der Waals surface area contributed by atoms with Crippen LogP contribution in [0.15, 0.2) is 65.4 Å². The van der Waals surface area contributed by atoms with Gasteiger partial charge in [0.2, 0.25) is 0 Å². The molecule has 1 amide bonds. The summed E-state index contributed by atoms with van der Waals surface area (Å²) in [5, 5.41) is 11.7. The number of nitrogens with zero attached hydrogens (tertiary/aromatic N) is 3. The fraction of sp³-hybridized carbons (Fsp3) is 0.296. The third kappa shape index (κ3) is 3.39. The van der Waals surface area contributed by atoms with Crippen molar-refractivity contribution < 1.29 is 14.1 Å². The number of nitrogens with one attached hydrogen (secondary N) is 1. The van der Waals surface area contributed by atoms with Crippen LogP contribution in [0.5, 0.6) is 5.75 Å². The van der Waals surface area contributed by atoms with E-state index >= 15 is 0 Å². The van der Waals surface area contributed by atoms with Crippen LogP contribution >= 0.6 is 0 Å². The number of aromatic amines is 1. The Kier molecular flexibility index (Phi) is 5.17. The van der Waals surface area contributed by atoms with E-state index in [9.17, 15) is 4.79 Å². The van der Waals surface area contributed by atoms with Crippen molar-refractivity contribution in [1.29, 1.82) is 0 Å². The zero-order valence-electron chi connectivity index (χ0n) is 19.0. The van der Waals surface area contributed by atoms with Crippen molar-refractivity contribution in [2.75, 3.05) is 12.0 Å². The number of amides is 1. The van der Waals surface area contributed by atoms with E-state index in [0.717, 1.165) is 52.4 Å². The van der Waals surface area contributed by atoms with E-state index in [4.69, 9.17) is 9.26 Å². The maximum atomic E-state index is 13.7. The summed E-state index contributed by atoms with van der Waals surface area (Å²) in [5.74, 6) is 1.13. The van der Waals surface area contributed by atoms with Gasteiger partial charge in [-0.1, -0.05) is 48.7 Å². The van der Waals surface area contributed by atoms with Gasteiger partial charge in [0.15, 0.2) is 0 Å². The predicted molar refractivity (Wildman–Crippen MR) is 129 cm³/mol. The van der Waals surface area contributed by atoms with Gasteiger partial charge < -0.3 is 9.26 Å². The normalized spacial score (nSPS) is 18.3. The molecule has 2 aliphatic rings. The molecule has 0 spiro atoms. The van der Waals surface area contributed by atoms with Crippen molar-refractivity contribution in [2.24, 2.45) is 5.92 Å². The highest BCUT2D eigenvalue weighted by Crippen LogP contribution is 2.49. The summed E-state index contributed by atoms with van der Waals surface area (Å²) in [6.45, 7) is 0. The van der Waals surface area contributed by atoms with Gasteiger partial charge >= 0.3 is 0 Å². The molecule has 34 heavy (non-hydrogen) atoms. The van der Waals surface area contributed by atoms with Crippen LogP contribution in [0.25, 0.3) is 22.5 Å². The summed E-state index contributed by atoms with van der Waals surface area (Å²) in [4.78, 5) is 15.7.